The third-order valence-corrected chi connectivity index (χ3v) is 4.24. The molecule has 0 unspecified atom stereocenters. The molecule has 0 saturated carbocycles. The molecular formula is C14H26O. The molecular weight excluding hydrogens is 184 g/mol. The van der Waals surface area contributed by atoms with Gasteiger partial charge in [-0.25, -0.2) is 0 Å². The summed E-state index contributed by atoms with van der Waals surface area (Å²) in [5.41, 5.74) is 1.95. The molecule has 1 rings (SSSR count). The van der Waals surface area contributed by atoms with Crippen molar-refractivity contribution in [2.45, 2.75) is 65.9 Å². The van der Waals surface area contributed by atoms with Crippen LogP contribution in [0.25, 0.3) is 0 Å². The van der Waals surface area contributed by atoms with Crippen molar-refractivity contribution < 1.29 is 5.11 Å². The van der Waals surface area contributed by atoms with Gasteiger partial charge in [0, 0.05) is 0 Å². The molecule has 88 valence electrons. The molecule has 3 atom stereocenters. The molecule has 0 amide bonds. The van der Waals surface area contributed by atoms with Crippen molar-refractivity contribution >= 4 is 0 Å². The molecule has 0 saturated heterocycles. The van der Waals surface area contributed by atoms with Crippen molar-refractivity contribution in [3.05, 3.63) is 11.6 Å². The normalized spacial score (nSPS) is 33.7. The number of aliphatic hydroxyl groups is 1. The fourth-order valence-corrected chi connectivity index (χ4v) is 2.47. The molecule has 0 aliphatic heterocycles. The van der Waals surface area contributed by atoms with Crippen LogP contribution in [0.15, 0.2) is 11.6 Å². The van der Waals surface area contributed by atoms with E-state index < -0.39 is 0 Å². The molecule has 15 heavy (non-hydrogen) atoms. The summed E-state index contributed by atoms with van der Waals surface area (Å²) in [6.07, 6.45) is 7.86. The molecule has 1 N–H and O–H groups in total. The van der Waals surface area contributed by atoms with E-state index in [1.165, 1.54) is 18.4 Å². The monoisotopic (exact) mass is 210 g/mol. The van der Waals surface area contributed by atoms with E-state index in [1.54, 1.807) is 0 Å². The summed E-state index contributed by atoms with van der Waals surface area (Å²) in [5.74, 6) is 0.662. The molecule has 0 aromatic carbocycles. The molecule has 1 heteroatoms. The number of hydrogen-bond donors (Lipinski definition) is 1. The third kappa shape index (κ3) is 3.34. The van der Waals surface area contributed by atoms with E-state index in [-0.39, 0.29) is 6.10 Å². The van der Waals surface area contributed by atoms with Gasteiger partial charge >= 0.3 is 0 Å². The maximum absolute atomic E-state index is 9.63. The van der Waals surface area contributed by atoms with Crippen LogP contribution in [-0.2, 0) is 0 Å². The molecule has 1 aliphatic carbocycles. The van der Waals surface area contributed by atoms with E-state index in [0.29, 0.717) is 11.3 Å². The second-order valence-corrected chi connectivity index (χ2v) is 5.56. The molecule has 1 nitrogen and oxygen atoms in total. The van der Waals surface area contributed by atoms with Crippen LogP contribution >= 0.6 is 0 Å². The van der Waals surface area contributed by atoms with Gasteiger partial charge < -0.3 is 5.11 Å². The highest BCUT2D eigenvalue weighted by Gasteiger charge is 2.32. The van der Waals surface area contributed by atoms with Crippen molar-refractivity contribution in [1.29, 1.82) is 0 Å². The standard InChI is InChI=1S/C14H26O/c1-5-13(15)7-9-14(4)8-6-11(2)10-12(14)3/h10,12-13,15H,5-9H2,1-4H3/t12-,13+,14+/m1/s1. The van der Waals surface area contributed by atoms with Gasteiger partial charge in [-0.05, 0) is 50.4 Å². The topological polar surface area (TPSA) is 20.2 Å². The zero-order valence-electron chi connectivity index (χ0n) is 10.7. The summed E-state index contributed by atoms with van der Waals surface area (Å²) in [6.45, 7) is 8.99. The van der Waals surface area contributed by atoms with Crippen LogP contribution in [0, 0.1) is 11.3 Å². The summed E-state index contributed by atoms with van der Waals surface area (Å²) in [7, 11) is 0. The average molecular weight is 210 g/mol. The van der Waals surface area contributed by atoms with Gasteiger partial charge in [-0.1, -0.05) is 32.4 Å². The van der Waals surface area contributed by atoms with E-state index >= 15 is 0 Å². The summed E-state index contributed by atoms with van der Waals surface area (Å²) in [4.78, 5) is 0. The minimum Gasteiger partial charge on any atom is -0.393 e. The van der Waals surface area contributed by atoms with Crippen LogP contribution in [0.3, 0.4) is 0 Å². The van der Waals surface area contributed by atoms with Crippen molar-refractivity contribution in [3.8, 4) is 0 Å². The molecule has 0 aromatic rings. The zero-order valence-corrected chi connectivity index (χ0v) is 10.7. The predicted molar refractivity (Wildman–Crippen MR) is 65.8 cm³/mol. The lowest BCUT2D eigenvalue weighted by molar-refractivity contribution is 0.112. The number of rotatable bonds is 4. The maximum atomic E-state index is 9.63. The van der Waals surface area contributed by atoms with Gasteiger partial charge in [0.15, 0.2) is 0 Å². The largest absolute Gasteiger partial charge is 0.393 e. The van der Waals surface area contributed by atoms with Crippen LogP contribution in [-0.4, -0.2) is 11.2 Å². The Hall–Kier alpha value is -0.300. The molecule has 1 aliphatic rings. The summed E-state index contributed by atoms with van der Waals surface area (Å²) < 4.78 is 0. The van der Waals surface area contributed by atoms with Crippen molar-refractivity contribution in [3.63, 3.8) is 0 Å². The van der Waals surface area contributed by atoms with Gasteiger partial charge in [0.25, 0.3) is 0 Å². The molecule has 0 aromatic heterocycles. The Balaban J connectivity index is 2.52. The molecule has 0 bridgehead atoms. The van der Waals surface area contributed by atoms with Crippen LogP contribution in [0.5, 0.6) is 0 Å². The van der Waals surface area contributed by atoms with Crippen LogP contribution in [0.1, 0.15) is 59.8 Å². The number of allylic oxidation sites excluding steroid dienone is 2. The first-order valence-corrected chi connectivity index (χ1v) is 6.33. The Morgan fingerprint density at radius 2 is 2.27 bits per heavy atom. The lowest BCUT2D eigenvalue weighted by Crippen LogP contribution is -2.28. The highest BCUT2D eigenvalue weighted by atomic mass is 16.3. The summed E-state index contributed by atoms with van der Waals surface area (Å²) in [6, 6.07) is 0. The third-order valence-electron chi connectivity index (χ3n) is 4.24. The lowest BCUT2D eigenvalue weighted by Gasteiger charge is -2.38. The Morgan fingerprint density at radius 3 is 2.80 bits per heavy atom. The zero-order chi connectivity index (χ0) is 11.5. The highest BCUT2D eigenvalue weighted by Crippen LogP contribution is 2.43. The molecule has 0 radical (unpaired) electrons. The number of aliphatic hydroxyl groups excluding tert-OH is 1. The van der Waals surface area contributed by atoms with Gasteiger partial charge in [0.1, 0.15) is 0 Å². The Labute approximate surface area is 94.6 Å². The fraction of sp³-hybridized carbons (Fsp3) is 0.857. The molecule has 0 spiro atoms. The smallest absolute Gasteiger partial charge is 0.0537 e. The van der Waals surface area contributed by atoms with Gasteiger partial charge in [-0.3, -0.25) is 0 Å². The second kappa shape index (κ2) is 5.16. The fourth-order valence-electron chi connectivity index (χ4n) is 2.47. The number of hydrogen-bond acceptors (Lipinski definition) is 1. The molecule has 0 fully saturated rings. The molecule has 0 heterocycles. The van der Waals surface area contributed by atoms with Crippen LogP contribution in [0.4, 0.5) is 0 Å². The Morgan fingerprint density at radius 1 is 1.60 bits per heavy atom. The van der Waals surface area contributed by atoms with E-state index in [1.807, 2.05) is 0 Å². The Bertz CT molecular complexity index is 231. The van der Waals surface area contributed by atoms with Crippen molar-refractivity contribution in [2.75, 3.05) is 0 Å². The second-order valence-electron chi connectivity index (χ2n) is 5.56. The lowest BCUT2D eigenvalue weighted by atomic mass is 9.67. The van der Waals surface area contributed by atoms with E-state index in [4.69, 9.17) is 0 Å². The highest BCUT2D eigenvalue weighted by molar-refractivity contribution is 5.09. The minimum absolute atomic E-state index is 0.0963. The predicted octanol–water partition coefficient (Wildman–Crippen LogP) is 3.92. The van der Waals surface area contributed by atoms with E-state index in [2.05, 4.69) is 33.8 Å². The van der Waals surface area contributed by atoms with Crippen molar-refractivity contribution in [2.24, 2.45) is 11.3 Å². The van der Waals surface area contributed by atoms with Gasteiger partial charge in [-0.15, -0.1) is 0 Å². The average Bonchev–Trinajstić information content (AvgIpc) is 2.21. The van der Waals surface area contributed by atoms with Crippen molar-refractivity contribution in [1.82, 2.24) is 0 Å². The Kier molecular flexibility index (Phi) is 4.39. The quantitative estimate of drug-likeness (QED) is 0.697. The van der Waals surface area contributed by atoms with Gasteiger partial charge in [0.05, 0.1) is 6.10 Å². The van der Waals surface area contributed by atoms with Gasteiger partial charge in [0.2, 0.25) is 0 Å². The first kappa shape index (κ1) is 12.8. The summed E-state index contributed by atoms with van der Waals surface area (Å²) >= 11 is 0. The van der Waals surface area contributed by atoms with E-state index in [0.717, 1.165) is 19.3 Å². The van der Waals surface area contributed by atoms with Gasteiger partial charge in [-0.2, -0.15) is 0 Å². The minimum atomic E-state index is -0.0963. The first-order valence-electron chi connectivity index (χ1n) is 6.33. The first-order chi connectivity index (χ1) is 6.98. The maximum Gasteiger partial charge on any atom is 0.0537 e. The van der Waals surface area contributed by atoms with Crippen LogP contribution in [0.2, 0.25) is 0 Å². The van der Waals surface area contributed by atoms with E-state index in [9.17, 15) is 5.11 Å². The SMILES string of the molecule is CC[C@H](O)CC[C@]1(C)CCC(C)=C[C@H]1C. The van der Waals surface area contributed by atoms with Crippen LogP contribution < -0.4 is 0 Å². The summed E-state index contributed by atoms with van der Waals surface area (Å²) in [5, 5.41) is 9.63.